The van der Waals surface area contributed by atoms with E-state index in [1.807, 2.05) is 4.90 Å². The zero-order valence-electron chi connectivity index (χ0n) is 13.3. The van der Waals surface area contributed by atoms with Gasteiger partial charge in [0.05, 0.1) is 0 Å². The average molecular weight is 373 g/mol. The van der Waals surface area contributed by atoms with Crippen LogP contribution in [0.3, 0.4) is 0 Å². The second-order valence-electron chi connectivity index (χ2n) is 6.26. The van der Waals surface area contributed by atoms with Gasteiger partial charge in [-0.05, 0) is 42.8 Å². The summed E-state index contributed by atoms with van der Waals surface area (Å²) in [5, 5.41) is 5.20. The number of nitrogens with one attached hydrogen (secondary N) is 2. The largest absolute Gasteiger partial charge is 0.446 e. The number of anilines is 1. The number of halogens is 3. The Labute approximate surface area is 147 Å². The van der Waals surface area contributed by atoms with Gasteiger partial charge in [0.2, 0.25) is 5.91 Å². The lowest BCUT2D eigenvalue weighted by Crippen LogP contribution is -2.34. The standard InChI is InChI=1S/C16H18F3N3O2S/c17-16(18,19)25-13-3-1-2-11(7-13)21-15(24)20-8-10-6-14(23)22(9-10)12-4-5-12/h1-3,7,10,12H,4-6,8-9H2,(H2,20,21,24). The van der Waals surface area contributed by atoms with E-state index in [4.69, 9.17) is 0 Å². The van der Waals surface area contributed by atoms with Crippen molar-refractivity contribution in [3.05, 3.63) is 24.3 Å². The molecule has 3 rings (SSSR count). The van der Waals surface area contributed by atoms with Gasteiger partial charge in [0.15, 0.2) is 0 Å². The van der Waals surface area contributed by atoms with Gasteiger partial charge in [0, 0.05) is 42.1 Å². The first kappa shape index (κ1) is 17.9. The molecule has 25 heavy (non-hydrogen) atoms. The third kappa shape index (κ3) is 5.29. The summed E-state index contributed by atoms with van der Waals surface area (Å²) in [6.45, 7) is 1.01. The van der Waals surface area contributed by atoms with E-state index in [1.165, 1.54) is 24.3 Å². The molecule has 136 valence electrons. The maximum Gasteiger partial charge on any atom is 0.446 e. The first-order chi connectivity index (χ1) is 11.8. The Kier molecular flexibility index (Phi) is 5.12. The Morgan fingerprint density at radius 2 is 2.08 bits per heavy atom. The summed E-state index contributed by atoms with van der Waals surface area (Å²) in [4.78, 5) is 25.7. The molecule has 0 radical (unpaired) electrons. The summed E-state index contributed by atoms with van der Waals surface area (Å²) >= 11 is -0.230. The molecule has 1 aliphatic carbocycles. The lowest BCUT2D eigenvalue weighted by molar-refractivity contribution is -0.128. The minimum Gasteiger partial charge on any atom is -0.339 e. The zero-order chi connectivity index (χ0) is 18.0. The van der Waals surface area contributed by atoms with Crippen molar-refractivity contribution in [2.24, 2.45) is 5.92 Å². The number of thioether (sulfide) groups is 1. The van der Waals surface area contributed by atoms with Crippen LogP contribution in [0.2, 0.25) is 0 Å². The van der Waals surface area contributed by atoms with E-state index in [0.717, 1.165) is 12.8 Å². The van der Waals surface area contributed by atoms with Gasteiger partial charge < -0.3 is 15.5 Å². The molecule has 1 heterocycles. The van der Waals surface area contributed by atoms with Gasteiger partial charge in [0.1, 0.15) is 0 Å². The first-order valence-corrected chi connectivity index (χ1v) is 8.82. The fourth-order valence-electron chi connectivity index (χ4n) is 2.87. The second kappa shape index (κ2) is 7.15. The van der Waals surface area contributed by atoms with Crippen LogP contribution in [0, 0.1) is 5.92 Å². The van der Waals surface area contributed by atoms with Crippen LogP contribution in [-0.4, -0.2) is 41.5 Å². The van der Waals surface area contributed by atoms with E-state index >= 15 is 0 Å². The van der Waals surface area contributed by atoms with Gasteiger partial charge >= 0.3 is 11.5 Å². The van der Waals surface area contributed by atoms with Crippen LogP contribution >= 0.6 is 11.8 Å². The Hall–Kier alpha value is -1.90. The predicted molar refractivity (Wildman–Crippen MR) is 88.2 cm³/mol. The summed E-state index contributed by atoms with van der Waals surface area (Å²) < 4.78 is 37.2. The molecule has 9 heteroatoms. The molecular weight excluding hydrogens is 355 g/mol. The van der Waals surface area contributed by atoms with Crippen LogP contribution in [-0.2, 0) is 4.79 Å². The lowest BCUT2D eigenvalue weighted by Gasteiger charge is -2.16. The number of amides is 3. The number of likely N-dealkylation sites (tertiary alicyclic amines) is 1. The van der Waals surface area contributed by atoms with Crippen LogP contribution in [0.4, 0.5) is 23.7 Å². The highest BCUT2D eigenvalue weighted by Crippen LogP contribution is 2.37. The third-order valence-electron chi connectivity index (χ3n) is 4.10. The number of alkyl halides is 3. The lowest BCUT2D eigenvalue weighted by atomic mass is 10.1. The molecule has 5 nitrogen and oxygen atoms in total. The van der Waals surface area contributed by atoms with Crippen LogP contribution in [0.25, 0.3) is 0 Å². The first-order valence-electron chi connectivity index (χ1n) is 8.00. The van der Waals surface area contributed by atoms with E-state index in [0.29, 0.717) is 25.6 Å². The van der Waals surface area contributed by atoms with Gasteiger partial charge in [-0.2, -0.15) is 13.2 Å². The van der Waals surface area contributed by atoms with Crippen LogP contribution in [0.15, 0.2) is 29.2 Å². The molecule has 2 fully saturated rings. The van der Waals surface area contributed by atoms with E-state index in [1.54, 1.807) is 0 Å². The molecule has 1 saturated carbocycles. The maximum absolute atomic E-state index is 12.4. The van der Waals surface area contributed by atoms with Crippen LogP contribution < -0.4 is 10.6 Å². The molecule has 2 aliphatic rings. The molecule has 1 aromatic rings. The predicted octanol–water partition coefficient (Wildman–Crippen LogP) is 3.43. The van der Waals surface area contributed by atoms with Crippen molar-refractivity contribution in [3.8, 4) is 0 Å². The normalized spacial score (nSPS) is 20.7. The quantitative estimate of drug-likeness (QED) is 0.778. The van der Waals surface area contributed by atoms with Gasteiger partial charge in [-0.15, -0.1) is 0 Å². The molecule has 2 N–H and O–H groups in total. The number of hydrogen-bond donors (Lipinski definition) is 2. The van der Waals surface area contributed by atoms with E-state index in [-0.39, 0.29) is 34.2 Å². The third-order valence-corrected chi connectivity index (χ3v) is 4.82. The molecule has 3 amide bonds. The molecule has 1 saturated heterocycles. The average Bonchev–Trinajstić information content (AvgIpc) is 3.27. The Bertz CT molecular complexity index is 664. The van der Waals surface area contributed by atoms with Gasteiger partial charge in [-0.3, -0.25) is 4.79 Å². The molecular formula is C16H18F3N3O2S. The molecule has 1 unspecified atom stereocenters. The molecule has 0 aromatic heterocycles. The van der Waals surface area contributed by atoms with Gasteiger partial charge in [-0.1, -0.05) is 6.07 Å². The summed E-state index contributed by atoms with van der Waals surface area (Å²) in [5.41, 5.74) is -4.09. The van der Waals surface area contributed by atoms with Crippen molar-refractivity contribution < 1.29 is 22.8 Å². The minimum absolute atomic E-state index is 0.00626. The van der Waals surface area contributed by atoms with Gasteiger partial charge in [-0.25, -0.2) is 4.79 Å². The van der Waals surface area contributed by atoms with Crippen molar-refractivity contribution in [1.29, 1.82) is 0 Å². The molecule has 0 bridgehead atoms. The number of urea groups is 1. The summed E-state index contributed by atoms with van der Waals surface area (Å²) in [6, 6.07) is 5.45. The van der Waals surface area contributed by atoms with Gasteiger partial charge in [0.25, 0.3) is 0 Å². The van der Waals surface area contributed by atoms with E-state index in [2.05, 4.69) is 10.6 Å². The van der Waals surface area contributed by atoms with Crippen molar-refractivity contribution in [2.45, 2.75) is 35.7 Å². The number of carbonyl (C=O) groups is 2. The topological polar surface area (TPSA) is 61.4 Å². The highest BCUT2D eigenvalue weighted by Gasteiger charge is 2.39. The van der Waals surface area contributed by atoms with Crippen molar-refractivity contribution in [2.75, 3.05) is 18.4 Å². The zero-order valence-corrected chi connectivity index (χ0v) is 14.1. The fraction of sp³-hybridized carbons (Fsp3) is 0.500. The Morgan fingerprint density at radius 1 is 1.32 bits per heavy atom. The SMILES string of the molecule is O=C(NCC1CC(=O)N(C2CC2)C1)Nc1cccc(SC(F)(F)F)c1. The number of hydrogen-bond acceptors (Lipinski definition) is 3. The highest BCUT2D eigenvalue weighted by atomic mass is 32.2. The number of carbonyl (C=O) groups excluding carboxylic acids is 2. The van der Waals surface area contributed by atoms with E-state index in [9.17, 15) is 22.8 Å². The van der Waals surface area contributed by atoms with Crippen molar-refractivity contribution >= 4 is 29.4 Å². The van der Waals surface area contributed by atoms with Crippen molar-refractivity contribution in [3.63, 3.8) is 0 Å². The summed E-state index contributed by atoms with van der Waals surface area (Å²) in [7, 11) is 0. The number of nitrogens with zero attached hydrogens (tertiary/aromatic N) is 1. The molecule has 1 aromatic carbocycles. The van der Waals surface area contributed by atoms with E-state index < -0.39 is 11.5 Å². The van der Waals surface area contributed by atoms with Crippen LogP contribution in [0.5, 0.6) is 0 Å². The summed E-state index contributed by atoms with van der Waals surface area (Å²) in [5.74, 6) is 0.206. The smallest absolute Gasteiger partial charge is 0.339 e. The monoisotopic (exact) mass is 373 g/mol. The number of benzene rings is 1. The molecule has 0 spiro atoms. The van der Waals surface area contributed by atoms with Crippen LogP contribution in [0.1, 0.15) is 19.3 Å². The highest BCUT2D eigenvalue weighted by molar-refractivity contribution is 8.00. The minimum atomic E-state index is -4.37. The molecule has 1 aliphatic heterocycles. The fourth-order valence-corrected chi connectivity index (χ4v) is 3.47. The Morgan fingerprint density at radius 3 is 2.76 bits per heavy atom. The summed E-state index contributed by atoms with van der Waals surface area (Å²) in [6.07, 6.45) is 2.53. The molecule has 1 atom stereocenters. The second-order valence-corrected chi connectivity index (χ2v) is 7.40. The Balaban J connectivity index is 1.46. The number of rotatable bonds is 5. The van der Waals surface area contributed by atoms with Crippen molar-refractivity contribution in [1.82, 2.24) is 10.2 Å². The maximum atomic E-state index is 12.4.